The number of benzene rings is 1. The topological polar surface area (TPSA) is 35.5 Å². The van der Waals surface area contributed by atoms with Gasteiger partial charge in [0.2, 0.25) is 5.60 Å². The predicted octanol–water partition coefficient (Wildman–Crippen LogP) is 3.77. The Balaban J connectivity index is 2.42. The second-order valence-electron chi connectivity index (χ2n) is 5.99. The maximum absolute atomic E-state index is 12.1. The normalized spacial score (nSPS) is 21.3. The first-order chi connectivity index (χ1) is 9.39. The first-order valence-corrected chi connectivity index (χ1v) is 7.37. The summed E-state index contributed by atoms with van der Waals surface area (Å²) < 4.78 is 11.3. The molecule has 1 heterocycles. The number of fused-ring (bicyclic) bond motifs is 1. The van der Waals surface area contributed by atoms with E-state index in [-0.39, 0.29) is 5.97 Å². The summed E-state index contributed by atoms with van der Waals surface area (Å²) in [5, 5.41) is 0. The van der Waals surface area contributed by atoms with E-state index in [2.05, 4.69) is 32.9 Å². The number of carbonyl (C=O) groups is 1. The van der Waals surface area contributed by atoms with E-state index in [0.29, 0.717) is 18.9 Å². The lowest BCUT2D eigenvalue weighted by molar-refractivity contribution is -0.161. The van der Waals surface area contributed by atoms with Gasteiger partial charge in [0.15, 0.2) is 0 Å². The van der Waals surface area contributed by atoms with Crippen molar-refractivity contribution in [2.75, 3.05) is 6.61 Å². The van der Waals surface area contributed by atoms with E-state index in [1.54, 1.807) is 0 Å². The maximum atomic E-state index is 12.1. The van der Waals surface area contributed by atoms with Crippen LogP contribution in [0, 0.1) is 6.92 Å². The van der Waals surface area contributed by atoms with E-state index < -0.39 is 5.60 Å². The van der Waals surface area contributed by atoms with Crippen molar-refractivity contribution in [2.24, 2.45) is 0 Å². The Morgan fingerprint density at radius 3 is 2.75 bits per heavy atom. The Morgan fingerprint density at radius 1 is 1.45 bits per heavy atom. The molecule has 0 bridgehead atoms. The van der Waals surface area contributed by atoms with Crippen molar-refractivity contribution in [1.29, 1.82) is 0 Å². The Hall–Kier alpha value is -1.51. The van der Waals surface area contributed by atoms with Crippen LogP contribution >= 0.6 is 0 Å². The molecular weight excluding hydrogens is 252 g/mol. The van der Waals surface area contributed by atoms with Crippen LogP contribution in [0.5, 0.6) is 5.75 Å². The molecule has 0 N–H and O–H groups in total. The molecule has 1 atom stereocenters. The average Bonchev–Trinajstić information content (AvgIpc) is 2.38. The molecule has 0 radical (unpaired) electrons. The fourth-order valence-electron chi connectivity index (χ4n) is 2.70. The van der Waals surface area contributed by atoms with Crippen LogP contribution in [0.25, 0.3) is 0 Å². The average molecular weight is 276 g/mol. The predicted molar refractivity (Wildman–Crippen MR) is 79.3 cm³/mol. The van der Waals surface area contributed by atoms with Crippen molar-refractivity contribution < 1.29 is 14.3 Å². The van der Waals surface area contributed by atoms with E-state index in [1.807, 2.05) is 13.8 Å². The van der Waals surface area contributed by atoms with E-state index in [0.717, 1.165) is 12.2 Å². The number of esters is 1. The molecule has 20 heavy (non-hydrogen) atoms. The van der Waals surface area contributed by atoms with Crippen molar-refractivity contribution in [3.8, 4) is 5.75 Å². The Morgan fingerprint density at radius 2 is 2.15 bits per heavy atom. The van der Waals surface area contributed by atoms with E-state index in [9.17, 15) is 4.79 Å². The molecule has 2 rings (SSSR count). The van der Waals surface area contributed by atoms with E-state index in [1.165, 1.54) is 16.7 Å². The van der Waals surface area contributed by atoms with E-state index in [4.69, 9.17) is 9.47 Å². The van der Waals surface area contributed by atoms with Crippen LogP contribution in [0.2, 0.25) is 0 Å². The molecule has 1 aliphatic rings. The monoisotopic (exact) mass is 276 g/mol. The summed E-state index contributed by atoms with van der Waals surface area (Å²) in [7, 11) is 0. The molecule has 0 fully saturated rings. The highest BCUT2D eigenvalue weighted by atomic mass is 16.6. The zero-order valence-corrected chi connectivity index (χ0v) is 13.1. The highest BCUT2D eigenvalue weighted by Crippen LogP contribution is 2.40. The first kappa shape index (κ1) is 14.9. The summed E-state index contributed by atoms with van der Waals surface area (Å²) >= 11 is 0. The minimum Gasteiger partial charge on any atom is -0.475 e. The van der Waals surface area contributed by atoms with Crippen molar-refractivity contribution in [3.63, 3.8) is 0 Å². The molecule has 0 saturated carbocycles. The first-order valence-electron chi connectivity index (χ1n) is 7.37. The Bertz CT molecular complexity index is 519. The molecule has 0 aliphatic carbocycles. The third-order valence-corrected chi connectivity index (χ3v) is 4.03. The van der Waals surface area contributed by atoms with Gasteiger partial charge < -0.3 is 9.47 Å². The molecule has 1 aromatic rings. The zero-order valence-electron chi connectivity index (χ0n) is 13.1. The molecule has 0 aromatic heterocycles. The largest absolute Gasteiger partial charge is 0.475 e. The van der Waals surface area contributed by atoms with Crippen LogP contribution in [0.15, 0.2) is 12.1 Å². The van der Waals surface area contributed by atoms with Crippen LogP contribution in [-0.2, 0) is 16.0 Å². The van der Waals surface area contributed by atoms with Crippen molar-refractivity contribution in [3.05, 3.63) is 28.8 Å². The summed E-state index contributed by atoms with van der Waals surface area (Å²) in [6.07, 6.45) is 1.53. The molecule has 3 nitrogen and oxygen atoms in total. The molecule has 1 aromatic carbocycles. The smallest absolute Gasteiger partial charge is 0.350 e. The molecule has 110 valence electrons. The molecule has 1 aliphatic heterocycles. The van der Waals surface area contributed by atoms with Gasteiger partial charge in [-0.15, -0.1) is 0 Å². The van der Waals surface area contributed by atoms with Gasteiger partial charge in [0, 0.05) is 6.42 Å². The van der Waals surface area contributed by atoms with Gasteiger partial charge in [-0.25, -0.2) is 4.79 Å². The quantitative estimate of drug-likeness (QED) is 0.788. The summed E-state index contributed by atoms with van der Waals surface area (Å²) in [5.41, 5.74) is 2.77. The van der Waals surface area contributed by atoms with Gasteiger partial charge in [-0.1, -0.05) is 26.0 Å². The number of hydrogen-bond donors (Lipinski definition) is 0. The number of carbonyl (C=O) groups excluding carboxylic acids is 1. The number of hydrogen-bond acceptors (Lipinski definition) is 3. The van der Waals surface area contributed by atoms with Gasteiger partial charge in [0.1, 0.15) is 5.75 Å². The van der Waals surface area contributed by atoms with Gasteiger partial charge in [-0.05, 0) is 49.8 Å². The molecular formula is C17H24O3. The fourth-order valence-corrected chi connectivity index (χ4v) is 2.70. The van der Waals surface area contributed by atoms with Crippen molar-refractivity contribution in [1.82, 2.24) is 0 Å². The third kappa shape index (κ3) is 2.54. The fraction of sp³-hybridized carbons (Fsp3) is 0.588. The van der Waals surface area contributed by atoms with Gasteiger partial charge in [-0.3, -0.25) is 0 Å². The second kappa shape index (κ2) is 5.47. The van der Waals surface area contributed by atoms with Gasteiger partial charge >= 0.3 is 5.97 Å². The van der Waals surface area contributed by atoms with Crippen molar-refractivity contribution >= 4 is 5.97 Å². The van der Waals surface area contributed by atoms with Gasteiger partial charge in [0.05, 0.1) is 6.61 Å². The minimum absolute atomic E-state index is 0.262. The molecule has 0 saturated heterocycles. The molecule has 0 amide bonds. The molecule has 3 heteroatoms. The van der Waals surface area contributed by atoms with Crippen LogP contribution in [-0.4, -0.2) is 18.2 Å². The van der Waals surface area contributed by atoms with Gasteiger partial charge in [0.25, 0.3) is 0 Å². The van der Waals surface area contributed by atoms with Crippen LogP contribution in [0.4, 0.5) is 0 Å². The molecule has 0 spiro atoms. The second-order valence-corrected chi connectivity index (χ2v) is 5.99. The number of ether oxygens (including phenoxy) is 2. The van der Waals surface area contributed by atoms with Crippen LogP contribution in [0.1, 0.15) is 56.7 Å². The Labute approximate surface area is 121 Å². The lowest BCUT2D eigenvalue weighted by atomic mass is 9.87. The number of aryl methyl sites for hydroxylation is 1. The highest BCUT2D eigenvalue weighted by Gasteiger charge is 2.41. The van der Waals surface area contributed by atoms with Crippen molar-refractivity contribution in [2.45, 2.75) is 59.0 Å². The summed E-state index contributed by atoms with van der Waals surface area (Å²) in [5.74, 6) is 0.998. The molecule has 0 unspecified atom stereocenters. The van der Waals surface area contributed by atoms with Gasteiger partial charge in [-0.2, -0.15) is 0 Å². The summed E-state index contributed by atoms with van der Waals surface area (Å²) in [6.45, 7) is 10.4. The highest BCUT2D eigenvalue weighted by molar-refractivity contribution is 5.80. The SMILES string of the molecule is CCOC(=O)[C@@]1(C)CCc2c(C)ccc(C(C)C)c2O1. The minimum atomic E-state index is -0.861. The third-order valence-electron chi connectivity index (χ3n) is 4.03. The van der Waals surface area contributed by atoms with Crippen LogP contribution in [0.3, 0.4) is 0 Å². The maximum Gasteiger partial charge on any atom is 0.350 e. The Kier molecular flexibility index (Phi) is 4.07. The number of rotatable bonds is 3. The van der Waals surface area contributed by atoms with Crippen LogP contribution < -0.4 is 4.74 Å². The lowest BCUT2D eigenvalue weighted by Gasteiger charge is -2.36. The zero-order chi connectivity index (χ0) is 14.9. The standard InChI is InChI=1S/C17H24O3/c1-6-19-16(18)17(5)10-9-14-12(4)7-8-13(11(2)3)15(14)20-17/h7-8,11H,6,9-10H2,1-5H3/t17-/m1/s1. The summed E-state index contributed by atoms with van der Waals surface area (Å²) in [6, 6.07) is 4.25. The lowest BCUT2D eigenvalue weighted by Crippen LogP contribution is -2.46. The summed E-state index contributed by atoms with van der Waals surface area (Å²) in [4.78, 5) is 12.1. The van der Waals surface area contributed by atoms with E-state index >= 15 is 0 Å².